The highest BCUT2D eigenvalue weighted by Crippen LogP contribution is 2.14. The first-order valence-corrected chi connectivity index (χ1v) is 5.86. The quantitative estimate of drug-likeness (QED) is 0.608. The largest absolute Gasteiger partial charge is 0.465 e. The molecule has 4 nitrogen and oxygen atoms in total. The van der Waals surface area contributed by atoms with Crippen LogP contribution in [0.4, 0.5) is 0 Å². The maximum absolute atomic E-state index is 11.2. The summed E-state index contributed by atoms with van der Waals surface area (Å²) in [5, 5.41) is 1.74. The number of thiophene rings is 1. The van der Waals surface area contributed by atoms with Crippen LogP contribution < -0.4 is 0 Å². The van der Waals surface area contributed by atoms with Crippen molar-refractivity contribution in [3.8, 4) is 11.8 Å². The second kappa shape index (κ2) is 6.71. The molecule has 0 aromatic carbocycles. The fourth-order valence-electron chi connectivity index (χ4n) is 1.04. The Kier molecular flexibility index (Phi) is 5.24. The second-order valence-electron chi connectivity index (χ2n) is 2.97. The zero-order chi connectivity index (χ0) is 12.7. The van der Waals surface area contributed by atoms with Gasteiger partial charge < -0.3 is 9.47 Å². The van der Waals surface area contributed by atoms with Crippen molar-refractivity contribution >= 4 is 23.3 Å². The van der Waals surface area contributed by atoms with E-state index in [0.717, 1.165) is 0 Å². The maximum Gasteiger partial charge on any atom is 0.348 e. The van der Waals surface area contributed by atoms with Gasteiger partial charge in [-0.25, -0.2) is 4.79 Å². The highest BCUT2D eigenvalue weighted by molar-refractivity contribution is 7.12. The van der Waals surface area contributed by atoms with Crippen LogP contribution >= 0.6 is 11.3 Å². The molecule has 0 radical (unpaired) electrons. The van der Waals surface area contributed by atoms with Crippen LogP contribution in [0, 0.1) is 11.8 Å². The predicted octanol–water partition coefficient (Wildman–Crippen LogP) is 1.84. The molecule has 90 valence electrons. The Morgan fingerprint density at radius 1 is 1.47 bits per heavy atom. The number of rotatable bonds is 3. The van der Waals surface area contributed by atoms with Gasteiger partial charge in [-0.15, -0.1) is 11.3 Å². The number of methoxy groups -OCH3 is 1. The monoisotopic (exact) mass is 252 g/mol. The van der Waals surface area contributed by atoms with E-state index in [2.05, 4.69) is 16.6 Å². The van der Waals surface area contributed by atoms with Crippen LogP contribution in [0.5, 0.6) is 0 Å². The van der Waals surface area contributed by atoms with Crippen molar-refractivity contribution in [2.75, 3.05) is 13.7 Å². The van der Waals surface area contributed by atoms with Crippen molar-refractivity contribution in [1.29, 1.82) is 0 Å². The van der Waals surface area contributed by atoms with E-state index in [1.165, 1.54) is 18.4 Å². The SMILES string of the molecule is CCOC(=O)CC#Cc1csc(C(=O)OC)c1. The van der Waals surface area contributed by atoms with E-state index in [4.69, 9.17) is 4.74 Å². The molecule has 0 atom stereocenters. The summed E-state index contributed by atoms with van der Waals surface area (Å²) in [7, 11) is 1.33. The van der Waals surface area contributed by atoms with Crippen LogP contribution in [0.3, 0.4) is 0 Å². The van der Waals surface area contributed by atoms with E-state index in [0.29, 0.717) is 17.0 Å². The first kappa shape index (κ1) is 13.3. The molecule has 1 aromatic heterocycles. The molecule has 0 spiro atoms. The van der Waals surface area contributed by atoms with E-state index < -0.39 is 0 Å². The number of carbonyl (C=O) groups is 2. The van der Waals surface area contributed by atoms with Gasteiger partial charge in [-0.1, -0.05) is 11.8 Å². The van der Waals surface area contributed by atoms with E-state index in [1.807, 2.05) is 0 Å². The smallest absolute Gasteiger partial charge is 0.348 e. The standard InChI is InChI=1S/C12H12O4S/c1-3-16-11(13)6-4-5-9-7-10(17-8-9)12(14)15-2/h7-8H,3,6H2,1-2H3. The van der Waals surface area contributed by atoms with Gasteiger partial charge in [-0.2, -0.15) is 0 Å². The van der Waals surface area contributed by atoms with Gasteiger partial charge >= 0.3 is 11.9 Å². The third kappa shape index (κ3) is 4.29. The number of ether oxygens (including phenoxy) is 2. The maximum atomic E-state index is 11.2. The van der Waals surface area contributed by atoms with Gasteiger partial charge in [-0.3, -0.25) is 4.79 Å². The minimum atomic E-state index is -0.381. The molecular formula is C12H12O4S. The molecule has 0 bridgehead atoms. The van der Waals surface area contributed by atoms with E-state index in [-0.39, 0.29) is 18.4 Å². The van der Waals surface area contributed by atoms with Gasteiger partial charge in [0.2, 0.25) is 0 Å². The molecule has 0 unspecified atom stereocenters. The molecule has 1 rings (SSSR count). The average Bonchev–Trinajstić information content (AvgIpc) is 2.77. The van der Waals surface area contributed by atoms with Crippen LogP contribution in [0.15, 0.2) is 11.4 Å². The summed E-state index contributed by atoms with van der Waals surface area (Å²) in [4.78, 5) is 22.7. The van der Waals surface area contributed by atoms with Gasteiger partial charge in [0.25, 0.3) is 0 Å². The summed E-state index contributed by atoms with van der Waals surface area (Å²) in [5.74, 6) is 4.75. The summed E-state index contributed by atoms with van der Waals surface area (Å²) in [6, 6.07) is 1.63. The lowest BCUT2D eigenvalue weighted by Gasteiger charge is -1.94. The summed E-state index contributed by atoms with van der Waals surface area (Å²) in [6.07, 6.45) is 0.0528. The van der Waals surface area contributed by atoms with E-state index in [1.54, 1.807) is 18.4 Å². The number of hydrogen-bond acceptors (Lipinski definition) is 5. The Balaban J connectivity index is 2.58. The molecule has 0 aliphatic heterocycles. The molecule has 0 N–H and O–H groups in total. The van der Waals surface area contributed by atoms with Crippen molar-refractivity contribution in [3.05, 3.63) is 21.9 Å². The summed E-state index contributed by atoms with van der Waals surface area (Å²) in [6.45, 7) is 2.10. The third-order valence-corrected chi connectivity index (χ3v) is 2.67. The zero-order valence-electron chi connectivity index (χ0n) is 9.61. The Labute approximate surface area is 104 Å². The Hall–Kier alpha value is -1.80. The number of esters is 2. The van der Waals surface area contributed by atoms with Crippen molar-refractivity contribution < 1.29 is 19.1 Å². The lowest BCUT2D eigenvalue weighted by Crippen LogP contribution is -2.01. The molecular weight excluding hydrogens is 240 g/mol. The molecule has 1 heterocycles. The second-order valence-corrected chi connectivity index (χ2v) is 3.89. The van der Waals surface area contributed by atoms with Crippen LogP contribution in [-0.2, 0) is 14.3 Å². The van der Waals surface area contributed by atoms with Crippen LogP contribution in [0.1, 0.15) is 28.6 Å². The van der Waals surface area contributed by atoms with Crippen molar-refractivity contribution in [1.82, 2.24) is 0 Å². The molecule has 0 saturated heterocycles. The lowest BCUT2D eigenvalue weighted by molar-refractivity contribution is -0.141. The number of carbonyl (C=O) groups excluding carboxylic acids is 2. The van der Waals surface area contributed by atoms with E-state index in [9.17, 15) is 9.59 Å². The Bertz CT molecular complexity index is 464. The first-order valence-electron chi connectivity index (χ1n) is 4.98. The fourth-order valence-corrected chi connectivity index (χ4v) is 1.80. The van der Waals surface area contributed by atoms with Gasteiger partial charge in [0.05, 0.1) is 13.7 Å². The number of hydrogen-bond donors (Lipinski definition) is 0. The Morgan fingerprint density at radius 2 is 2.24 bits per heavy atom. The highest BCUT2D eigenvalue weighted by Gasteiger charge is 2.07. The van der Waals surface area contributed by atoms with Gasteiger partial charge in [-0.05, 0) is 13.0 Å². The van der Waals surface area contributed by atoms with Gasteiger partial charge in [0, 0.05) is 10.9 Å². The molecule has 5 heteroatoms. The zero-order valence-corrected chi connectivity index (χ0v) is 10.4. The summed E-state index contributed by atoms with van der Waals surface area (Å²) >= 11 is 1.26. The average molecular weight is 252 g/mol. The van der Waals surface area contributed by atoms with Crippen LogP contribution in [0.25, 0.3) is 0 Å². The van der Waals surface area contributed by atoms with Crippen molar-refractivity contribution in [3.63, 3.8) is 0 Å². The topological polar surface area (TPSA) is 52.6 Å². The minimum Gasteiger partial charge on any atom is -0.465 e. The summed E-state index contributed by atoms with van der Waals surface area (Å²) in [5.41, 5.74) is 0.694. The van der Waals surface area contributed by atoms with Crippen LogP contribution in [0.2, 0.25) is 0 Å². The molecule has 17 heavy (non-hydrogen) atoms. The molecule has 0 aliphatic rings. The Morgan fingerprint density at radius 3 is 2.88 bits per heavy atom. The lowest BCUT2D eigenvalue weighted by atomic mass is 10.3. The fraction of sp³-hybridized carbons (Fsp3) is 0.333. The van der Waals surface area contributed by atoms with Crippen LogP contribution in [-0.4, -0.2) is 25.7 Å². The van der Waals surface area contributed by atoms with Crippen molar-refractivity contribution in [2.24, 2.45) is 0 Å². The predicted molar refractivity (Wildman–Crippen MR) is 63.8 cm³/mol. The first-order chi connectivity index (χ1) is 8.17. The molecule has 0 fully saturated rings. The third-order valence-electron chi connectivity index (χ3n) is 1.76. The highest BCUT2D eigenvalue weighted by atomic mass is 32.1. The molecule has 0 saturated carbocycles. The van der Waals surface area contributed by atoms with E-state index >= 15 is 0 Å². The minimum absolute atomic E-state index is 0.0528. The normalized spacial score (nSPS) is 9.06. The molecule has 1 aromatic rings. The van der Waals surface area contributed by atoms with Crippen molar-refractivity contribution in [2.45, 2.75) is 13.3 Å². The summed E-state index contributed by atoms with van der Waals surface area (Å²) < 4.78 is 9.30. The van der Waals surface area contributed by atoms with Gasteiger partial charge in [0.15, 0.2) is 0 Å². The van der Waals surface area contributed by atoms with Gasteiger partial charge in [0.1, 0.15) is 11.3 Å². The molecule has 0 aliphatic carbocycles. The molecule has 0 amide bonds.